The average Bonchev–Trinajstić information content (AvgIpc) is 2.59. The zero-order valence-electron chi connectivity index (χ0n) is 11.0. The van der Waals surface area contributed by atoms with Crippen molar-refractivity contribution >= 4 is 5.97 Å². The van der Waals surface area contributed by atoms with Crippen LogP contribution in [0.3, 0.4) is 0 Å². The minimum atomic E-state index is -0.838. The van der Waals surface area contributed by atoms with Gasteiger partial charge >= 0.3 is 5.97 Å². The van der Waals surface area contributed by atoms with Gasteiger partial charge in [0.15, 0.2) is 5.82 Å². The second-order valence-electron chi connectivity index (χ2n) is 5.62. The summed E-state index contributed by atoms with van der Waals surface area (Å²) in [6.07, 6.45) is 0.0221. The number of hydrogen-bond donors (Lipinski definition) is 1. The minimum absolute atomic E-state index is 0.0221. The number of carbonyl (C=O) groups is 1. The molecule has 1 heterocycles. The van der Waals surface area contributed by atoms with Gasteiger partial charge < -0.3 is 5.11 Å². The first-order chi connectivity index (χ1) is 7.73. The molecule has 6 heteroatoms. The maximum Gasteiger partial charge on any atom is 0.305 e. The molecular weight excluding hydrogens is 220 g/mol. The minimum Gasteiger partial charge on any atom is -0.481 e. The van der Waals surface area contributed by atoms with Crippen molar-refractivity contribution in [2.45, 2.75) is 53.0 Å². The number of nitrogens with zero attached hydrogens (tertiary/aromatic N) is 4. The summed E-state index contributed by atoms with van der Waals surface area (Å²) in [7, 11) is 0. The van der Waals surface area contributed by atoms with Gasteiger partial charge in [0.05, 0.1) is 12.5 Å². The van der Waals surface area contributed by atoms with E-state index in [-0.39, 0.29) is 23.8 Å². The quantitative estimate of drug-likeness (QED) is 0.868. The van der Waals surface area contributed by atoms with Crippen LogP contribution in [0.25, 0.3) is 0 Å². The molecule has 1 atom stereocenters. The summed E-state index contributed by atoms with van der Waals surface area (Å²) in [4.78, 5) is 11.0. The van der Waals surface area contributed by atoms with Gasteiger partial charge in [-0.15, -0.1) is 5.10 Å². The summed E-state index contributed by atoms with van der Waals surface area (Å²) in [6.45, 7) is 9.95. The molecule has 0 aliphatic rings. The maximum absolute atomic E-state index is 11.0. The van der Waals surface area contributed by atoms with Crippen LogP contribution in [0.5, 0.6) is 0 Å². The Morgan fingerprint density at radius 2 is 2.00 bits per heavy atom. The first kappa shape index (κ1) is 13.6. The molecule has 0 bridgehead atoms. The van der Waals surface area contributed by atoms with Crippen molar-refractivity contribution in [3.05, 3.63) is 5.82 Å². The van der Waals surface area contributed by atoms with Crippen LogP contribution in [0.2, 0.25) is 0 Å². The van der Waals surface area contributed by atoms with Crippen molar-refractivity contribution in [1.29, 1.82) is 0 Å². The first-order valence-corrected chi connectivity index (χ1v) is 5.73. The summed E-state index contributed by atoms with van der Waals surface area (Å²) in [5.74, 6) is 0.0601. The number of carboxylic acids is 1. The summed E-state index contributed by atoms with van der Waals surface area (Å²) >= 11 is 0. The third-order valence-corrected chi connectivity index (χ3v) is 2.70. The predicted octanol–water partition coefficient (Wildman–Crippen LogP) is 1.86. The Balaban J connectivity index is 3.13. The third-order valence-electron chi connectivity index (χ3n) is 2.70. The van der Waals surface area contributed by atoms with Crippen molar-refractivity contribution in [2.24, 2.45) is 5.41 Å². The van der Waals surface area contributed by atoms with E-state index in [1.807, 2.05) is 34.6 Å². The van der Waals surface area contributed by atoms with E-state index in [0.717, 1.165) is 5.82 Å². The molecule has 1 aromatic heterocycles. The van der Waals surface area contributed by atoms with Crippen LogP contribution in [0.4, 0.5) is 0 Å². The van der Waals surface area contributed by atoms with Gasteiger partial charge in [0.1, 0.15) is 0 Å². The number of aliphatic carboxylic acids is 1. The number of rotatable bonds is 4. The highest BCUT2D eigenvalue weighted by atomic mass is 16.4. The zero-order chi connectivity index (χ0) is 13.2. The van der Waals surface area contributed by atoms with Crippen molar-refractivity contribution in [1.82, 2.24) is 20.2 Å². The molecular formula is C11H20N4O2. The Kier molecular flexibility index (Phi) is 3.85. The number of tetrazole rings is 1. The van der Waals surface area contributed by atoms with Gasteiger partial charge in [-0.05, 0) is 15.8 Å². The van der Waals surface area contributed by atoms with E-state index < -0.39 is 5.97 Å². The van der Waals surface area contributed by atoms with E-state index in [1.165, 1.54) is 0 Å². The normalized spacial score (nSPS) is 14.0. The smallest absolute Gasteiger partial charge is 0.305 e. The summed E-state index contributed by atoms with van der Waals surface area (Å²) < 4.78 is 1.65. The van der Waals surface area contributed by atoms with E-state index in [2.05, 4.69) is 15.5 Å². The second-order valence-corrected chi connectivity index (χ2v) is 5.62. The number of aromatic nitrogens is 4. The lowest BCUT2D eigenvalue weighted by atomic mass is 9.84. The van der Waals surface area contributed by atoms with Gasteiger partial charge in [0.25, 0.3) is 0 Å². The fourth-order valence-electron chi connectivity index (χ4n) is 1.73. The van der Waals surface area contributed by atoms with Crippen molar-refractivity contribution in [3.8, 4) is 0 Å². The van der Waals surface area contributed by atoms with Crippen LogP contribution < -0.4 is 0 Å². The Bertz CT molecular complexity index is 392. The van der Waals surface area contributed by atoms with E-state index >= 15 is 0 Å². The molecule has 0 spiro atoms. The molecule has 1 rings (SSSR count). The van der Waals surface area contributed by atoms with Crippen molar-refractivity contribution < 1.29 is 9.90 Å². The van der Waals surface area contributed by atoms with Crippen LogP contribution in [0.1, 0.15) is 58.8 Å². The highest BCUT2D eigenvalue weighted by Gasteiger charge is 2.32. The molecule has 1 N–H and O–H groups in total. The number of carboxylic acid groups (broad SMARTS) is 1. The Labute approximate surface area is 101 Å². The van der Waals surface area contributed by atoms with Crippen LogP contribution in [0.15, 0.2) is 0 Å². The monoisotopic (exact) mass is 240 g/mol. The van der Waals surface area contributed by atoms with E-state index in [4.69, 9.17) is 5.11 Å². The standard InChI is InChI=1S/C11H20N4O2/c1-7(2)10-12-13-14-15(10)8(6-9(16)17)11(3,4)5/h7-8H,6H2,1-5H3,(H,16,17). The second kappa shape index (κ2) is 4.81. The van der Waals surface area contributed by atoms with Crippen molar-refractivity contribution in [3.63, 3.8) is 0 Å². The van der Waals surface area contributed by atoms with E-state index in [1.54, 1.807) is 4.68 Å². The molecule has 1 unspecified atom stereocenters. The Morgan fingerprint density at radius 1 is 1.41 bits per heavy atom. The molecule has 17 heavy (non-hydrogen) atoms. The van der Waals surface area contributed by atoms with E-state index in [0.29, 0.717) is 0 Å². The topological polar surface area (TPSA) is 80.9 Å². The molecule has 0 fully saturated rings. The lowest BCUT2D eigenvalue weighted by Crippen LogP contribution is -2.29. The fourth-order valence-corrected chi connectivity index (χ4v) is 1.73. The molecule has 6 nitrogen and oxygen atoms in total. The van der Waals surface area contributed by atoms with Crippen LogP contribution in [-0.4, -0.2) is 31.3 Å². The van der Waals surface area contributed by atoms with Gasteiger partial charge in [-0.25, -0.2) is 4.68 Å². The molecule has 96 valence electrons. The van der Waals surface area contributed by atoms with Crippen LogP contribution >= 0.6 is 0 Å². The molecule has 0 aliphatic heterocycles. The van der Waals surface area contributed by atoms with Gasteiger partial charge in [0.2, 0.25) is 0 Å². The highest BCUT2D eigenvalue weighted by Crippen LogP contribution is 2.34. The van der Waals surface area contributed by atoms with Crippen LogP contribution in [0, 0.1) is 5.41 Å². The summed E-state index contributed by atoms with van der Waals surface area (Å²) in [6, 6.07) is -0.243. The maximum atomic E-state index is 11.0. The summed E-state index contributed by atoms with van der Waals surface area (Å²) in [5.41, 5.74) is -0.211. The van der Waals surface area contributed by atoms with Crippen LogP contribution in [-0.2, 0) is 4.79 Å². The average molecular weight is 240 g/mol. The predicted molar refractivity (Wildman–Crippen MR) is 62.7 cm³/mol. The van der Waals surface area contributed by atoms with Gasteiger partial charge in [-0.3, -0.25) is 4.79 Å². The molecule has 1 aromatic rings. The molecule has 0 aromatic carbocycles. The Morgan fingerprint density at radius 3 is 2.41 bits per heavy atom. The van der Waals surface area contributed by atoms with Gasteiger partial charge in [-0.1, -0.05) is 34.6 Å². The molecule has 0 amide bonds. The van der Waals surface area contributed by atoms with Gasteiger partial charge in [-0.2, -0.15) is 0 Å². The molecule has 0 saturated heterocycles. The number of hydrogen-bond acceptors (Lipinski definition) is 4. The SMILES string of the molecule is CC(C)c1nnnn1C(CC(=O)O)C(C)(C)C. The largest absolute Gasteiger partial charge is 0.481 e. The lowest BCUT2D eigenvalue weighted by molar-refractivity contribution is -0.138. The third kappa shape index (κ3) is 3.25. The molecule has 0 radical (unpaired) electrons. The fraction of sp³-hybridized carbons (Fsp3) is 0.818. The Hall–Kier alpha value is -1.46. The van der Waals surface area contributed by atoms with Crippen molar-refractivity contribution in [2.75, 3.05) is 0 Å². The first-order valence-electron chi connectivity index (χ1n) is 5.73. The van der Waals surface area contributed by atoms with Gasteiger partial charge in [0, 0.05) is 5.92 Å². The lowest BCUT2D eigenvalue weighted by Gasteiger charge is -2.30. The zero-order valence-corrected chi connectivity index (χ0v) is 11.0. The highest BCUT2D eigenvalue weighted by molar-refractivity contribution is 5.67. The molecule has 0 aliphatic carbocycles. The molecule has 0 saturated carbocycles. The van der Waals surface area contributed by atoms with E-state index in [9.17, 15) is 4.79 Å². The summed E-state index contributed by atoms with van der Waals surface area (Å²) in [5, 5.41) is 20.6.